The second-order valence-electron chi connectivity index (χ2n) is 2.98. The van der Waals surface area contributed by atoms with Crippen molar-refractivity contribution in [1.82, 2.24) is 0 Å². The summed E-state index contributed by atoms with van der Waals surface area (Å²) in [4.78, 5) is 0. The average molecular weight is 360 g/mol. The van der Waals surface area contributed by atoms with Crippen LogP contribution in [0.3, 0.4) is 0 Å². The first kappa shape index (κ1) is 15.2. The average Bonchev–Trinajstić information content (AvgIpc) is 2.13. The molecule has 0 aromatic heterocycles. The van der Waals surface area contributed by atoms with Gasteiger partial charge in [0.25, 0.3) is 0 Å². The van der Waals surface area contributed by atoms with E-state index in [1.165, 1.54) is 0 Å². The van der Waals surface area contributed by atoms with Gasteiger partial charge in [0, 0.05) is 16.1 Å². The van der Waals surface area contributed by atoms with Gasteiger partial charge in [-0.3, -0.25) is 0 Å². The van der Waals surface area contributed by atoms with Crippen LogP contribution in [-0.4, -0.2) is 11.7 Å². The molecule has 1 aromatic rings. The Labute approximate surface area is 112 Å². The van der Waals surface area contributed by atoms with Crippen LogP contribution in [0.5, 0.6) is 5.75 Å². The molecular weight excluding hydrogens is 347 g/mol. The second-order valence-corrected chi connectivity index (χ2v) is 4.68. The molecule has 1 atom stereocenters. The van der Waals surface area contributed by atoms with Crippen LogP contribution in [0.15, 0.2) is 21.1 Å². The van der Waals surface area contributed by atoms with Crippen LogP contribution in [0.2, 0.25) is 0 Å². The molecule has 0 fully saturated rings. The van der Waals surface area contributed by atoms with Crippen molar-refractivity contribution in [2.45, 2.75) is 12.5 Å². The standard InChI is InChI=1S/C9H12Br2N2O.ClH/c10-5-1-2-6(11)9(14)8(5)7(13)3-4-12;/h1-2,7,14H,3-4,12-13H2;1H/t7-;/m1./s1. The van der Waals surface area contributed by atoms with Crippen molar-refractivity contribution < 1.29 is 5.11 Å². The zero-order valence-corrected chi connectivity index (χ0v) is 11.9. The summed E-state index contributed by atoms with van der Waals surface area (Å²) in [6.07, 6.45) is 0.641. The number of hydrogen-bond donors (Lipinski definition) is 3. The Balaban J connectivity index is 0.00000196. The maximum absolute atomic E-state index is 9.78. The van der Waals surface area contributed by atoms with Crippen molar-refractivity contribution in [3.05, 3.63) is 26.6 Å². The predicted octanol–water partition coefficient (Wildman–Crippen LogP) is 2.69. The Kier molecular flexibility index (Phi) is 6.79. The molecule has 0 aliphatic carbocycles. The van der Waals surface area contributed by atoms with Gasteiger partial charge in [-0.05, 0) is 41.0 Å². The number of phenols is 1. The van der Waals surface area contributed by atoms with Gasteiger partial charge < -0.3 is 16.6 Å². The number of halogens is 3. The molecule has 86 valence electrons. The molecule has 0 aliphatic heterocycles. The Morgan fingerprint density at radius 1 is 1.27 bits per heavy atom. The van der Waals surface area contributed by atoms with Crippen molar-refractivity contribution in [3.8, 4) is 5.75 Å². The van der Waals surface area contributed by atoms with Crippen molar-refractivity contribution in [3.63, 3.8) is 0 Å². The van der Waals surface area contributed by atoms with Gasteiger partial charge in [0.05, 0.1) is 4.47 Å². The SMILES string of the molecule is Cl.NCC[C@@H](N)c1c(Br)ccc(Br)c1O. The van der Waals surface area contributed by atoms with E-state index in [9.17, 15) is 5.11 Å². The highest BCUT2D eigenvalue weighted by atomic mass is 79.9. The van der Waals surface area contributed by atoms with Crippen molar-refractivity contribution in [2.75, 3.05) is 6.54 Å². The highest BCUT2D eigenvalue weighted by molar-refractivity contribution is 9.11. The number of benzene rings is 1. The molecule has 0 unspecified atom stereocenters. The highest BCUT2D eigenvalue weighted by Gasteiger charge is 2.15. The summed E-state index contributed by atoms with van der Waals surface area (Å²) >= 11 is 6.59. The summed E-state index contributed by atoms with van der Waals surface area (Å²) in [6.45, 7) is 0.500. The molecular formula is C9H13Br2ClN2O. The monoisotopic (exact) mass is 358 g/mol. The van der Waals surface area contributed by atoms with E-state index in [0.717, 1.165) is 4.47 Å². The number of hydrogen-bond acceptors (Lipinski definition) is 3. The van der Waals surface area contributed by atoms with Gasteiger partial charge in [-0.1, -0.05) is 15.9 Å². The smallest absolute Gasteiger partial charge is 0.135 e. The minimum atomic E-state index is -0.244. The maximum atomic E-state index is 9.78. The second kappa shape index (κ2) is 6.70. The fraction of sp³-hybridized carbons (Fsp3) is 0.333. The van der Waals surface area contributed by atoms with Crippen molar-refractivity contribution >= 4 is 44.3 Å². The minimum Gasteiger partial charge on any atom is -0.506 e. The Hall–Kier alpha value is 0.190. The first-order valence-corrected chi connectivity index (χ1v) is 5.79. The van der Waals surface area contributed by atoms with E-state index in [0.29, 0.717) is 23.0 Å². The van der Waals surface area contributed by atoms with Gasteiger partial charge in [-0.2, -0.15) is 0 Å². The molecule has 1 aromatic carbocycles. The zero-order valence-electron chi connectivity index (χ0n) is 7.91. The molecule has 0 amide bonds. The van der Waals surface area contributed by atoms with Crippen molar-refractivity contribution in [1.29, 1.82) is 0 Å². The number of rotatable bonds is 3. The summed E-state index contributed by atoms with van der Waals surface area (Å²) in [5.74, 6) is 0.181. The van der Waals surface area contributed by atoms with Gasteiger partial charge in [0.15, 0.2) is 0 Å². The Morgan fingerprint density at radius 3 is 2.33 bits per heavy atom. The predicted molar refractivity (Wildman–Crippen MR) is 71.4 cm³/mol. The molecule has 3 nitrogen and oxygen atoms in total. The van der Waals surface area contributed by atoms with Crippen LogP contribution in [0.25, 0.3) is 0 Å². The van der Waals surface area contributed by atoms with Crippen LogP contribution >= 0.6 is 44.3 Å². The lowest BCUT2D eigenvalue weighted by molar-refractivity contribution is 0.455. The maximum Gasteiger partial charge on any atom is 0.135 e. The quantitative estimate of drug-likeness (QED) is 0.776. The topological polar surface area (TPSA) is 72.3 Å². The summed E-state index contributed by atoms with van der Waals surface area (Å²) in [6, 6.07) is 3.36. The lowest BCUT2D eigenvalue weighted by Gasteiger charge is -2.15. The third-order valence-electron chi connectivity index (χ3n) is 1.96. The molecule has 1 rings (SSSR count). The van der Waals surface area contributed by atoms with Gasteiger partial charge in [-0.15, -0.1) is 12.4 Å². The number of aromatic hydroxyl groups is 1. The van der Waals surface area contributed by atoms with Gasteiger partial charge in [-0.25, -0.2) is 0 Å². The molecule has 0 saturated heterocycles. The summed E-state index contributed by atoms with van der Waals surface area (Å²) in [7, 11) is 0. The number of nitrogens with two attached hydrogens (primary N) is 2. The van der Waals surface area contributed by atoms with E-state index in [2.05, 4.69) is 31.9 Å². The highest BCUT2D eigenvalue weighted by Crippen LogP contribution is 2.37. The van der Waals surface area contributed by atoms with Gasteiger partial charge >= 0.3 is 0 Å². The van der Waals surface area contributed by atoms with Gasteiger partial charge in [0.1, 0.15) is 5.75 Å². The first-order valence-electron chi connectivity index (χ1n) is 4.20. The lowest BCUT2D eigenvalue weighted by Crippen LogP contribution is -2.16. The molecule has 15 heavy (non-hydrogen) atoms. The minimum absolute atomic E-state index is 0. The summed E-state index contributed by atoms with van der Waals surface area (Å²) < 4.78 is 1.45. The molecule has 0 aliphatic rings. The van der Waals surface area contributed by atoms with Crippen molar-refractivity contribution in [2.24, 2.45) is 11.5 Å². The van der Waals surface area contributed by atoms with E-state index in [1.54, 1.807) is 6.07 Å². The Morgan fingerprint density at radius 2 is 1.80 bits per heavy atom. The van der Waals surface area contributed by atoms with Crippen LogP contribution < -0.4 is 11.5 Å². The van der Waals surface area contributed by atoms with Crippen LogP contribution in [0.4, 0.5) is 0 Å². The van der Waals surface area contributed by atoms with E-state index >= 15 is 0 Å². The Bertz CT molecular complexity index is 336. The fourth-order valence-corrected chi connectivity index (χ4v) is 2.19. The summed E-state index contributed by atoms with van der Waals surface area (Å²) in [5.41, 5.74) is 12.0. The normalized spacial score (nSPS) is 12.0. The third-order valence-corrected chi connectivity index (χ3v) is 3.29. The number of phenolic OH excluding ortho intramolecular Hbond substituents is 1. The largest absolute Gasteiger partial charge is 0.506 e. The molecule has 5 N–H and O–H groups in total. The third kappa shape index (κ3) is 3.60. The van der Waals surface area contributed by atoms with E-state index in [1.807, 2.05) is 6.07 Å². The van der Waals surface area contributed by atoms with Crippen LogP contribution in [0.1, 0.15) is 18.0 Å². The van der Waals surface area contributed by atoms with E-state index in [-0.39, 0.29) is 24.2 Å². The fourth-order valence-electron chi connectivity index (χ4n) is 1.23. The molecule has 0 saturated carbocycles. The molecule has 0 radical (unpaired) electrons. The molecule has 0 heterocycles. The lowest BCUT2D eigenvalue weighted by atomic mass is 10.0. The first-order chi connectivity index (χ1) is 6.57. The van der Waals surface area contributed by atoms with Crippen LogP contribution in [0, 0.1) is 0 Å². The summed E-state index contributed by atoms with van der Waals surface area (Å²) in [5, 5.41) is 9.78. The molecule has 0 spiro atoms. The van der Waals surface area contributed by atoms with E-state index in [4.69, 9.17) is 11.5 Å². The van der Waals surface area contributed by atoms with Crippen LogP contribution in [-0.2, 0) is 0 Å². The zero-order chi connectivity index (χ0) is 10.7. The molecule has 6 heteroatoms. The molecule has 0 bridgehead atoms. The van der Waals surface area contributed by atoms with Gasteiger partial charge in [0.2, 0.25) is 0 Å². The van der Waals surface area contributed by atoms with E-state index < -0.39 is 0 Å².